The lowest BCUT2D eigenvalue weighted by atomic mass is 9.87. The van der Waals surface area contributed by atoms with E-state index in [4.69, 9.17) is 4.74 Å². The van der Waals surface area contributed by atoms with Crippen LogP contribution in [0.5, 0.6) is 0 Å². The maximum Gasteiger partial charge on any atom is 0.306 e. The minimum atomic E-state index is -1.44. The number of Topliss-reactive ketones (excluding diaryl/α,β-unsaturated/α-hetero) is 1. The van der Waals surface area contributed by atoms with E-state index in [1.807, 2.05) is 0 Å². The fourth-order valence-corrected chi connectivity index (χ4v) is 2.85. The molecule has 0 aromatic heterocycles. The Morgan fingerprint density at radius 3 is 2.44 bits per heavy atom. The van der Waals surface area contributed by atoms with Crippen molar-refractivity contribution in [3.05, 3.63) is 0 Å². The third kappa shape index (κ3) is 9.00. The highest BCUT2D eigenvalue weighted by atomic mass is 32.2. The van der Waals surface area contributed by atoms with Crippen molar-refractivity contribution in [3.8, 4) is 0 Å². The predicted octanol–water partition coefficient (Wildman–Crippen LogP) is -0.448. The molecule has 1 aliphatic rings. The second-order valence-corrected chi connectivity index (χ2v) is 8.03. The van der Waals surface area contributed by atoms with Crippen molar-refractivity contribution in [2.24, 2.45) is 5.41 Å². The third-order valence-electron chi connectivity index (χ3n) is 3.88. The lowest BCUT2D eigenvalue weighted by Crippen LogP contribution is -2.47. The average molecular weight is 402 g/mol. The lowest BCUT2D eigenvalue weighted by Gasteiger charge is -2.29. The molecule has 0 aromatic rings. The zero-order valence-electron chi connectivity index (χ0n) is 15.5. The monoisotopic (exact) mass is 402 g/mol. The van der Waals surface area contributed by atoms with Gasteiger partial charge in [-0.3, -0.25) is 24.0 Å². The van der Waals surface area contributed by atoms with Gasteiger partial charge in [0.25, 0.3) is 0 Å². The van der Waals surface area contributed by atoms with Crippen molar-refractivity contribution in [2.75, 3.05) is 25.4 Å². The van der Waals surface area contributed by atoms with Crippen LogP contribution in [0.25, 0.3) is 0 Å². The molecule has 0 aliphatic carbocycles. The number of carbonyl (C=O) groups excluding carboxylic acids is 5. The number of ether oxygens (including phenoxy) is 1. The summed E-state index contributed by atoms with van der Waals surface area (Å²) in [5, 5.41) is 14.9. The third-order valence-corrected chi connectivity index (χ3v) is 4.76. The Morgan fingerprint density at radius 1 is 1.04 bits per heavy atom. The van der Waals surface area contributed by atoms with E-state index in [1.165, 1.54) is 0 Å². The molecule has 1 fully saturated rings. The van der Waals surface area contributed by atoms with Crippen LogP contribution in [0.1, 0.15) is 39.5 Å². The number of cyclic esters (lactones) is 1. The molecule has 1 rings (SSSR count). The number of hydrogen-bond donors (Lipinski definition) is 3. The van der Waals surface area contributed by atoms with E-state index >= 15 is 0 Å². The Hall–Kier alpha value is -1.94. The minimum absolute atomic E-state index is 0.0188. The van der Waals surface area contributed by atoms with E-state index < -0.39 is 23.4 Å². The summed E-state index contributed by atoms with van der Waals surface area (Å²) in [6, 6.07) is 0. The van der Waals surface area contributed by atoms with Crippen molar-refractivity contribution >= 4 is 40.4 Å². The second-order valence-electron chi connectivity index (χ2n) is 6.88. The van der Waals surface area contributed by atoms with Gasteiger partial charge in [-0.25, -0.2) is 0 Å². The van der Waals surface area contributed by atoms with Crippen LogP contribution in [0.4, 0.5) is 0 Å². The lowest BCUT2D eigenvalue weighted by molar-refractivity contribution is -0.153. The number of aliphatic hydroxyl groups is 1. The predicted molar refractivity (Wildman–Crippen MR) is 97.7 cm³/mol. The minimum Gasteiger partial charge on any atom is -0.465 e. The highest BCUT2D eigenvalue weighted by Gasteiger charge is 2.35. The Balaban J connectivity index is 2.71. The van der Waals surface area contributed by atoms with Crippen LogP contribution in [-0.2, 0) is 28.7 Å². The van der Waals surface area contributed by atoms with Crippen LogP contribution in [0.3, 0.4) is 0 Å². The van der Waals surface area contributed by atoms with Crippen molar-refractivity contribution < 1.29 is 33.8 Å². The van der Waals surface area contributed by atoms with Gasteiger partial charge in [0.2, 0.25) is 11.8 Å². The molecule has 1 atom stereocenters. The van der Waals surface area contributed by atoms with Gasteiger partial charge in [-0.1, -0.05) is 25.6 Å². The van der Waals surface area contributed by atoms with E-state index in [0.29, 0.717) is 5.75 Å². The fourth-order valence-electron chi connectivity index (χ4n) is 2.15. The summed E-state index contributed by atoms with van der Waals surface area (Å²) < 4.78 is 5.05. The van der Waals surface area contributed by atoms with Crippen LogP contribution in [0.15, 0.2) is 0 Å². The van der Waals surface area contributed by atoms with Crippen LogP contribution in [0, 0.1) is 5.41 Å². The molecule has 152 valence electrons. The molecule has 0 radical (unpaired) electrons. The summed E-state index contributed by atoms with van der Waals surface area (Å²) in [5.41, 5.74) is -1.05. The number of rotatable bonds is 0. The first-order valence-electron chi connectivity index (χ1n) is 8.67. The highest BCUT2D eigenvalue weighted by molar-refractivity contribution is 8.13. The number of esters is 1. The number of aliphatic hydroxyl groups excluding tert-OH is 1. The standard InChI is InChI=1S/C17H26N2O7S/c1-17(2)10-26-13(22)4-3-11(20)9-14(23)27-8-7-18-12(21)5-6-19-16(25)15(17)24/h15,24H,3-10H2,1-2H3,(H,18,21)(H,19,25)/t15-/m0/s1. The quantitative estimate of drug-likeness (QED) is 0.366. The maximum absolute atomic E-state index is 12.0. The largest absolute Gasteiger partial charge is 0.465 e. The molecule has 10 heteroatoms. The van der Waals surface area contributed by atoms with Gasteiger partial charge in [0.15, 0.2) is 5.12 Å². The summed E-state index contributed by atoms with van der Waals surface area (Å²) in [4.78, 5) is 58.9. The van der Waals surface area contributed by atoms with Crippen molar-refractivity contribution in [1.82, 2.24) is 10.6 Å². The molecular weight excluding hydrogens is 376 g/mol. The van der Waals surface area contributed by atoms with Gasteiger partial charge < -0.3 is 20.5 Å². The zero-order chi connectivity index (χ0) is 20.4. The molecule has 0 bridgehead atoms. The smallest absolute Gasteiger partial charge is 0.306 e. The molecule has 27 heavy (non-hydrogen) atoms. The number of hydrogen-bond acceptors (Lipinski definition) is 8. The maximum atomic E-state index is 12.0. The highest BCUT2D eigenvalue weighted by Crippen LogP contribution is 2.22. The fraction of sp³-hybridized carbons (Fsp3) is 0.706. The number of carbonyl (C=O) groups is 5. The first-order chi connectivity index (χ1) is 12.6. The average Bonchev–Trinajstić information content (AvgIpc) is 2.60. The van der Waals surface area contributed by atoms with Gasteiger partial charge >= 0.3 is 5.97 Å². The van der Waals surface area contributed by atoms with Gasteiger partial charge in [0.1, 0.15) is 11.9 Å². The SMILES string of the molecule is CC1(C)COC(=O)CCC(=O)CC(=O)SCCNC(=O)CCNC(=O)[C@@H]1O. The summed E-state index contributed by atoms with van der Waals surface area (Å²) in [6.07, 6.45) is -2.00. The molecule has 0 unspecified atom stereocenters. The Morgan fingerprint density at radius 2 is 1.74 bits per heavy atom. The van der Waals surface area contributed by atoms with E-state index in [1.54, 1.807) is 13.8 Å². The van der Waals surface area contributed by atoms with Gasteiger partial charge in [0.05, 0.1) is 19.4 Å². The van der Waals surface area contributed by atoms with Crippen molar-refractivity contribution in [1.29, 1.82) is 0 Å². The summed E-state index contributed by atoms with van der Waals surface area (Å²) in [6.45, 7) is 3.18. The molecule has 2 amide bonds. The van der Waals surface area contributed by atoms with Gasteiger partial charge in [-0.2, -0.15) is 0 Å². The molecule has 1 aliphatic heterocycles. The summed E-state index contributed by atoms with van der Waals surface area (Å²) in [7, 11) is 0. The molecule has 0 aromatic carbocycles. The Kier molecular flexibility index (Phi) is 9.44. The Labute approximate surface area is 162 Å². The number of ketones is 1. The number of nitrogens with one attached hydrogen (secondary N) is 2. The molecular formula is C17H26N2O7S. The second kappa shape index (κ2) is 11.0. The van der Waals surface area contributed by atoms with Gasteiger partial charge in [-0.15, -0.1) is 0 Å². The van der Waals surface area contributed by atoms with Crippen molar-refractivity contribution in [3.63, 3.8) is 0 Å². The van der Waals surface area contributed by atoms with Crippen LogP contribution < -0.4 is 10.6 Å². The van der Waals surface area contributed by atoms with Gasteiger partial charge in [-0.05, 0) is 0 Å². The topological polar surface area (TPSA) is 139 Å². The first kappa shape index (κ1) is 23.1. The molecule has 1 saturated heterocycles. The summed E-state index contributed by atoms with van der Waals surface area (Å²) in [5.74, 6) is -1.67. The van der Waals surface area contributed by atoms with E-state index in [0.717, 1.165) is 11.8 Å². The van der Waals surface area contributed by atoms with Crippen LogP contribution in [-0.4, -0.2) is 65.3 Å². The molecule has 0 saturated carbocycles. The molecule has 3 N–H and O–H groups in total. The Bertz CT molecular complexity index is 592. The van der Waals surface area contributed by atoms with Gasteiger partial charge in [0, 0.05) is 37.1 Å². The zero-order valence-corrected chi connectivity index (χ0v) is 16.4. The van der Waals surface area contributed by atoms with E-state index in [9.17, 15) is 29.1 Å². The molecule has 9 nitrogen and oxygen atoms in total. The number of thioether (sulfide) groups is 1. The van der Waals surface area contributed by atoms with E-state index in [-0.39, 0.29) is 62.2 Å². The van der Waals surface area contributed by atoms with Crippen LogP contribution in [0.2, 0.25) is 0 Å². The molecule has 0 spiro atoms. The normalized spacial score (nSPS) is 24.7. The van der Waals surface area contributed by atoms with Crippen LogP contribution >= 0.6 is 11.8 Å². The summed E-state index contributed by atoms with van der Waals surface area (Å²) >= 11 is 0.937. The van der Waals surface area contributed by atoms with Crippen molar-refractivity contribution in [2.45, 2.75) is 45.6 Å². The first-order valence-corrected chi connectivity index (χ1v) is 9.66. The number of amides is 2. The van der Waals surface area contributed by atoms with E-state index in [2.05, 4.69) is 10.6 Å². The molecule has 1 heterocycles.